The van der Waals surface area contributed by atoms with Gasteiger partial charge in [-0.25, -0.2) is 17.7 Å². The SMILES string of the molecule is CCOC[C@H](CC(C)C)N(C(=O)c1ccc(N)cc1)S(=O)(=O)c1ccc(Cn2c(C)nc3cnccc32)cc1. The molecule has 0 saturated heterocycles. The highest BCUT2D eigenvalue weighted by atomic mass is 32.2. The Morgan fingerprint density at radius 1 is 1.08 bits per heavy atom. The number of sulfonamides is 1. The Morgan fingerprint density at radius 3 is 2.41 bits per heavy atom. The molecule has 0 spiro atoms. The number of imidazole rings is 1. The molecule has 2 heterocycles. The number of aromatic nitrogens is 3. The third-order valence-electron chi connectivity index (χ3n) is 6.51. The average Bonchev–Trinajstić information content (AvgIpc) is 3.22. The molecule has 39 heavy (non-hydrogen) atoms. The van der Waals surface area contributed by atoms with Crippen molar-refractivity contribution in [3.05, 3.63) is 83.9 Å². The van der Waals surface area contributed by atoms with Gasteiger partial charge in [-0.3, -0.25) is 9.78 Å². The smallest absolute Gasteiger partial charge is 0.267 e. The number of pyridine rings is 1. The predicted molar refractivity (Wildman–Crippen MR) is 152 cm³/mol. The van der Waals surface area contributed by atoms with E-state index in [1.54, 1.807) is 60.9 Å². The fourth-order valence-electron chi connectivity index (χ4n) is 4.62. The van der Waals surface area contributed by atoms with Crippen LogP contribution >= 0.6 is 0 Å². The van der Waals surface area contributed by atoms with Crippen molar-refractivity contribution in [3.8, 4) is 0 Å². The normalized spacial score (nSPS) is 12.6. The summed E-state index contributed by atoms with van der Waals surface area (Å²) in [4.78, 5) is 22.5. The van der Waals surface area contributed by atoms with Gasteiger partial charge < -0.3 is 15.0 Å². The summed E-state index contributed by atoms with van der Waals surface area (Å²) in [5, 5.41) is 0. The summed E-state index contributed by atoms with van der Waals surface area (Å²) in [6.45, 7) is 8.77. The standard InChI is InChI=1S/C29H35N5O4S/c1-5-38-19-25(16-20(2)3)34(29(35)23-8-10-24(30)11-9-23)39(36,37)26-12-6-22(7-13-26)18-33-21(4)32-27-17-31-15-14-28(27)33/h6-15,17,20,25H,5,16,18-19,30H2,1-4H3/t25-/m0/s1. The van der Waals surface area contributed by atoms with Gasteiger partial charge >= 0.3 is 0 Å². The molecule has 0 aliphatic rings. The minimum atomic E-state index is -4.21. The third kappa shape index (κ3) is 6.29. The van der Waals surface area contributed by atoms with Crippen molar-refractivity contribution in [2.45, 2.75) is 51.6 Å². The zero-order valence-electron chi connectivity index (χ0n) is 22.7. The monoisotopic (exact) mass is 549 g/mol. The van der Waals surface area contributed by atoms with Crippen LogP contribution in [0.2, 0.25) is 0 Å². The first-order chi connectivity index (χ1) is 18.6. The average molecular weight is 550 g/mol. The summed E-state index contributed by atoms with van der Waals surface area (Å²) in [6.07, 6.45) is 3.90. The number of nitrogen functional groups attached to an aromatic ring is 1. The summed E-state index contributed by atoms with van der Waals surface area (Å²) in [6, 6.07) is 14.1. The molecule has 0 bridgehead atoms. The van der Waals surface area contributed by atoms with Crippen LogP contribution in [0.4, 0.5) is 5.69 Å². The van der Waals surface area contributed by atoms with E-state index in [-0.39, 0.29) is 23.0 Å². The van der Waals surface area contributed by atoms with Crippen LogP contribution in [0.5, 0.6) is 0 Å². The van der Waals surface area contributed by atoms with Crippen LogP contribution in [0.3, 0.4) is 0 Å². The molecule has 2 aromatic carbocycles. The van der Waals surface area contributed by atoms with Crippen LogP contribution in [0.1, 0.15) is 48.9 Å². The lowest BCUT2D eigenvalue weighted by Crippen LogP contribution is -2.47. The Bertz CT molecular complexity index is 1530. The minimum absolute atomic E-state index is 0.0386. The van der Waals surface area contributed by atoms with Crippen molar-refractivity contribution in [1.29, 1.82) is 0 Å². The van der Waals surface area contributed by atoms with Crippen LogP contribution < -0.4 is 5.73 Å². The number of amides is 1. The van der Waals surface area contributed by atoms with Gasteiger partial charge in [0, 0.05) is 30.6 Å². The molecule has 9 nitrogen and oxygen atoms in total. The molecule has 4 rings (SSSR count). The van der Waals surface area contributed by atoms with Gasteiger partial charge in [-0.05, 0) is 74.2 Å². The molecule has 1 amide bonds. The van der Waals surface area contributed by atoms with E-state index < -0.39 is 22.0 Å². The number of aryl methyl sites for hydroxylation is 1. The molecule has 10 heteroatoms. The Hall–Kier alpha value is -3.76. The van der Waals surface area contributed by atoms with Gasteiger partial charge in [-0.2, -0.15) is 0 Å². The lowest BCUT2D eigenvalue weighted by Gasteiger charge is -2.32. The van der Waals surface area contributed by atoms with E-state index in [2.05, 4.69) is 14.5 Å². The highest BCUT2D eigenvalue weighted by Crippen LogP contribution is 2.26. The maximum atomic E-state index is 14.1. The van der Waals surface area contributed by atoms with Crippen molar-refractivity contribution in [1.82, 2.24) is 18.8 Å². The zero-order chi connectivity index (χ0) is 28.2. The van der Waals surface area contributed by atoms with E-state index in [0.717, 1.165) is 26.7 Å². The summed E-state index contributed by atoms with van der Waals surface area (Å²) in [7, 11) is -4.21. The van der Waals surface area contributed by atoms with Crippen LogP contribution in [-0.4, -0.2) is 52.4 Å². The van der Waals surface area contributed by atoms with Gasteiger partial charge in [-0.1, -0.05) is 26.0 Å². The topological polar surface area (TPSA) is 120 Å². The Balaban J connectivity index is 1.70. The highest BCUT2D eigenvalue weighted by molar-refractivity contribution is 7.89. The van der Waals surface area contributed by atoms with Crippen LogP contribution in [0, 0.1) is 12.8 Å². The summed E-state index contributed by atoms with van der Waals surface area (Å²) >= 11 is 0. The van der Waals surface area contributed by atoms with Crippen molar-refractivity contribution < 1.29 is 17.9 Å². The van der Waals surface area contributed by atoms with Gasteiger partial charge in [-0.15, -0.1) is 0 Å². The number of benzene rings is 2. The number of hydrogen-bond donors (Lipinski definition) is 1. The lowest BCUT2D eigenvalue weighted by atomic mass is 10.0. The number of nitrogens with zero attached hydrogens (tertiary/aromatic N) is 4. The number of carbonyl (C=O) groups is 1. The van der Waals surface area contributed by atoms with Gasteiger partial charge in [0.15, 0.2) is 0 Å². The van der Waals surface area contributed by atoms with Crippen LogP contribution in [0.25, 0.3) is 11.0 Å². The van der Waals surface area contributed by atoms with Gasteiger partial charge in [0.25, 0.3) is 15.9 Å². The lowest BCUT2D eigenvalue weighted by molar-refractivity contribution is 0.0627. The molecule has 1 atom stereocenters. The minimum Gasteiger partial charge on any atom is -0.399 e. The van der Waals surface area contributed by atoms with E-state index in [0.29, 0.717) is 25.3 Å². The third-order valence-corrected chi connectivity index (χ3v) is 8.36. The molecule has 0 aliphatic heterocycles. The van der Waals surface area contributed by atoms with E-state index in [4.69, 9.17) is 10.5 Å². The molecule has 2 aromatic heterocycles. The molecular formula is C29H35N5O4S. The molecule has 4 aromatic rings. The second kappa shape index (κ2) is 12.0. The second-order valence-electron chi connectivity index (χ2n) is 9.92. The molecule has 0 fully saturated rings. The van der Waals surface area contributed by atoms with Crippen LogP contribution in [0.15, 0.2) is 71.9 Å². The molecule has 0 saturated carbocycles. The summed E-state index contributed by atoms with van der Waals surface area (Å²) < 4.78 is 36.8. The first kappa shape index (κ1) is 28.3. The van der Waals surface area contributed by atoms with Crippen molar-refractivity contribution in [3.63, 3.8) is 0 Å². The molecule has 2 N–H and O–H groups in total. The Kier molecular flexibility index (Phi) is 8.66. The number of nitrogens with two attached hydrogens (primary N) is 1. The van der Waals surface area contributed by atoms with Crippen molar-refractivity contribution in [2.75, 3.05) is 18.9 Å². The Labute approximate surface area is 229 Å². The van der Waals surface area contributed by atoms with Crippen LogP contribution in [-0.2, 0) is 21.3 Å². The number of fused-ring (bicyclic) bond motifs is 1. The first-order valence-electron chi connectivity index (χ1n) is 13.0. The molecule has 0 unspecified atom stereocenters. The predicted octanol–water partition coefficient (Wildman–Crippen LogP) is 4.65. The molecule has 206 valence electrons. The number of rotatable bonds is 11. The molecule has 0 radical (unpaired) electrons. The van der Waals surface area contributed by atoms with E-state index in [9.17, 15) is 13.2 Å². The number of anilines is 1. The van der Waals surface area contributed by atoms with Crippen molar-refractivity contribution >= 4 is 32.7 Å². The summed E-state index contributed by atoms with van der Waals surface area (Å²) in [5.41, 5.74) is 9.19. The fourth-order valence-corrected chi connectivity index (χ4v) is 6.19. The van der Waals surface area contributed by atoms with Gasteiger partial charge in [0.1, 0.15) is 11.3 Å². The fraction of sp³-hybridized carbons (Fsp3) is 0.345. The number of ether oxygens (including phenoxy) is 1. The maximum Gasteiger partial charge on any atom is 0.267 e. The largest absolute Gasteiger partial charge is 0.399 e. The van der Waals surface area contributed by atoms with Crippen molar-refractivity contribution in [2.24, 2.45) is 5.92 Å². The van der Waals surface area contributed by atoms with Gasteiger partial charge in [0.05, 0.1) is 29.3 Å². The maximum absolute atomic E-state index is 14.1. The van der Waals surface area contributed by atoms with Gasteiger partial charge in [0.2, 0.25) is 0 Å². The quantitative estimate of drug-likeness (QED) is 0.270. The zero-order valence-corrected chi connectivity index (χ0v) is 23.6. The number of carbonyl (C=O) groups excluding carboxylic acids is 1. The van der Waals surface area contributed by atoms with E-state index in [1.165, 1.54) is 0 Å². The van der Waals surface area contributed by atoms with E-state index >= 15 is 0 Å². The molecular weight excluding hydrogens is 514 g/mol. The summed E-state index contributed by atoms with van der Waals surface area (Å²) in [5.74, 6) is 0.360. The molecule has 0 aliphatic carbocycles. The Morgan fingerprint density at radius 2 is 1.77 bits per heavy atom. The second-order valence-corrected chi connectivity index (χ2v) is 11.7. The highest BCUT2D eigenvalue weighted by Gasteiger charge is 2.37. The number of hydrogen-bond acceptors (Lipinski definition) is 7. The van der Waals surface area contributed by atoms with E-state index in [1.807, 2.05) is 33.8 Å². The first-order valence-corrected chi connectivity index (χ1v) is 14.4.